The highest BCUT2D eigenvalue weighted by Crippen LogP contribution is 2.72. The van der Waals surface area contributed by atoms with Crippen LogP contribution < -0.4 is 0 Å². The first-order valence-corrected chi connectivity index (χ1v) is 11.5. The maximum absolute atomic E-state index is 13.8. The average Bonchev–Trinajstić information content (AvgIpc) is 2.99. The van der Waals surface area contributed by atoms with Crippen LogP contribution >= 0.6 is 0 Å². The predicted octanol–water partition coefficient (Wildman–Crippen LogP) is 5.33. The second-order valence-corrected chi connectivity index (χ2v) is 12.0. The average molecular weight is 385 g/mol. The fraction of sp³-hybridized carbons (Fsp3) is 0.840. The van der Waals surface area contributed by atoms with E-state index < -0.39 is 5.41 Å². The molecular weight excluding hydrogens is 348 g/mol. The molecule has 1 saturated heterocycles. The molecule has 0 aromatic rings. The lowest BCUT2D eigenvalue weighted by molar-refractivity contribution is -0.199. The Morgan fingerprint density at radius 1 is 0.929 bits per heavy atom. The Kier molecular flexibility index (Phi) is 3.72. The number of Topliss-reactive ketones (excluding diaryl/α,β-unsaturated/α-hetero) is 1. The van der Waals surface area contributed by atoms with Crippen LogP contribution in [-0.4, -0.2) is 18.4 Å². The highest BCUT2D eigenvalue weighted by atomic mass is 16.5. The summed E-state index contributed by atoms with van der Waals surface area (Å²) in [5.41, 5.74) is 1.17. The van der Waals surface area contributed by atoms with Gasteiger partial charge in [-0.1, -0.05) is 47.1 Å². The van der Waals surface area contributed by atoms with Gasteiger partial charge in [-0.25, -0.2) is 4.79 Å². The standard InChI is InChI=1S/C25H36O3/c1-22(2)10-6-11-23(3)17(22)9-12-24(4)18-8-7-15-16(14-28-21(15)27)25(18,5)20(26)13-19(23)24/h7,16-19H,6,8-14H2,1-5H3/t16-,17-,18-,19+,23-,24-,25+/m0/s1. The van der Waals surface area contributed by atoms with Crippen LogP contribution in [0.15, 0.2) is 11.6 Å². The minimum atomic E-state index is -0.436. The minimum absolute atomic E-state index is 0.0302. The molecule has 5 rings (SSSR count). The van der Waals surface area contributed by atoms with E-state index in [1.165, 1.54) is 32.1 Å². The molecule has 3 nitrogen and oxygen atoms in total. The number of esters is 1. The number of fused-ring (bicyclic) bond motifs is 7. The van der Waals surface area contributed by atoms with Gasteiger partial charge in [-0.15, -0.1) is 0 Å². The number of carbonyl (C=O) groups is 2. The molecule has 0 unspecified atom stereocenters. The van der Waals surface area contributed by atoms with Gasteiger partial charge in [-0.3, -0.25) is 4.79 Å². The third kappa shape index (κ3) is 2.07. The van der Waals surface area contributed by atoms with E-state index in [1.54, 1.807) is 0 Å². The van der Waals surface area contributed by atoms with Gasteiger partial charge in [0.1, 0.15) is 5.78 Å². The summed E-state index contributed by atoms with van der Waals surface area (Å²) >= 11 is 0. The number of hydrogen-bond donors (Lipinski definition) is 0. The largest absolute Gasteiger partial charge is 0.462 e. The van der Waals surface area contributed by atoms with Gasteiger partial charge in [0.05, 0.1) is 6.61 Å². The molecule has 4 aliphatic carbocycles. The molecule has 5 aliphatic rings. The van der Waals surface area contributed by atoms with E-state index >= 15 is 0 Å². The van der Waals surface area contributed by atoms with E-state index in [1.807, 2.05) is 0 Å². The maximum atomic E-state index is 13.8. The summed E-state index contributed by atoms with van der Waals surface area (Å²) in [5.74, 6) is 1.70. The minimum Gasteiger partial charge on any atom is -0.462 e. The Hall–Kier alpha value is -1.12. The molecule has 0 bridgehead atoms. The zero-order chi connectivity index (χ0) is 20.1. The summed E-state index contributed by atoms with van der Waals surface area (Å²) < 4.78 is 5.40. The van der Waals surface area contributed by atoms with Crippen molar-refractivity contribution in [2.45, 2.75) is 79.6 Å². The molecule has 0 radical (unpaired) electrons. The topological polar surface area (TPSA) is 43.4 Å². The van der Waals surface area contributed by atoms with Gasteiger partial charge in [-0.05, 0) is 66.1 Å². The number of cyclic esters (lactones) is 1. The lowest BCUT2D eigenvalue weighted by Gasteiger charge is -2.68. The van der Waals surface area contributed by atoms with Crippen LogP contribution in [0.25, 0.3) is 0 Å². The first kappa shape index (κ1) is 18.9. The van der Waals surface area contributed by atoms with E-state index in [4.69, 9.17) is 4.74 Å². The molecule has 0 aromatic heterocycles. The van der Waals surface area contributed by atoms with Crippen LogP contribution in [-0.2, 0) is 14.3 Å². The third-order valence-electron chi connectivity index (χ3n) is 10.6. The molecule has 0 aromatic carbocycles. The molecule has 7 atom stereocenters. The normalized spacial score (nSPS) is 52.0. The van der Waals surface area contributed by atoms with Crippen molar-refractivity contribution >= 4 is 11.8 Å². The molecule has 3 saturated carbocycles. The van der Waals surface area contributed by atoms with Gasteiger partial charge in [0.2, 0.25) is 0 Å². The molecule has 4 fully saturated rings. The van der Waals surface area contributed by atoms with Crippen molar-refractivity contribution in [3.63, 3.8) is 0 Å². The summed E-state index contributed by atoms with van der Waals surface area (Å²) in [6.45, 7) is 12.5. The SMILES string of the molecule is CC1(C)CCC[C@]2(C)[C@H]3CC(=O)[C@]4(C)[C@H]5COC(=O)C5=CC[C@H]4[C@]3(C)CC[C@@H]12. The summed E-state index contributed by atoms with van der Waals surface area (Å²) in [7, 11) is 0. The smallest absolute Gasteiger partial charge is 0.334 e. The third-order valence-corrected chi connectivity index (χ3v) is 10.6. The number of carbonyl (C=O) groups excluding carboxylic acids is 2. The van der Waals surface area contributed by atoms with Crippen molar-refractivity contribution in [3.8, 4) is 0 Å². The molecule has 0 N–H and O–H groups in total. The fourth-order valence-corrected chi connectivity index (χ4v) is 9.25. The van der Waals surface area contributed by atoms with Gasteiger partial charge >= 0.3 is 5.97 Å². The summed E-state index contributed by atoms with van der Waals surface area (Å²) in [4.78, 5) is 26.0. The fourth-order valence-electron chi connectivity index (χ4n) is 9.25. The van der Waals surface area contributed by atoms with E-state index in [-0.39, 0.29) is 22.7 Å². The Morgan fingerprint density at radius 3 is 2.39 bits per heavy atom. The van der Waals surface area contributed by atoms with Crippen LogP contribution in [0.5, 0.6) is 0 Å². The molecule has 1 aliphatic heterocycles. The number of ether oxygens (including phenoxy) is 1. The van der Waals surface area contributed by atoms with Gasteiger partial charge in [-0.2, -0.15) is 0 Å². The van der Waals surface area contributed by atoms with Crippen molar-refractivity contribution in [1.29, 1.82) is 0 Å². The van der Waals surface area contributed by atoms with E-state index in [2.05, 4.69) is 40.7 Å². The monoisotopic (exact) mass is 384 g/mol. The summed E-state index contributed by atoms with van der Waals surface area (Å²) in [6.07, 6.45) is 10.1. The number of hydrogen-bond acceptors (Lipinski definition) is 3. The summed E-state index contributed by atoms with van der Waals surface area (Å²) in [6, 6.07) is 0. The first-order chi connectivity index (χ1) is 13.0. The Labute approximate surface area is 169 Å². The van der Waals surface area contributed by atoms with Gasteiger partial charge < -0.3 is 4.74 Å². The van der Waals surface area contributed by atoms with Gasteiger partial charge in [0, 0.05) is 23.3 Å². The number of rotatable bonds is 0. The molecule has 0 spiro atoms. The molecular formula is C25H36O3. The quantitative estimate of drug-likeness (QED) is 0.530. The number of ketones is 1. The molecule has 28 heavy (non-hydrogen) atoms. The highest BCUT2D eigenvalue weighted by molar-refractivity contribution is 5.96. The molecule has 3 heteroatoms. The van der Waals surface area contributed by atoms with Crippen LogP contribution in [0, 0.1) is 45.3 Å². The van der Waals surface area contributed by atoms with Crippen molar-refractivity contribution in [3.05, 3.63) is 11.6 Å². The van der Waals surface area contributed by atoms with E-state index in [0.717, 1.165) is 17.9 Å². The Balaban J connectivity index is 1.60. The lowest BCUT2D eigenvalue weighted by Crippen LogP contribution is -2.65. The van der Waals surface area contributed by atoms with Crippen molar-refractivity contribution in [2.24, 2.45) is 45.3 Å². The van der Waals surface area contributed by atoms with E-state index in [9.17, 15) is 9.59 Å². The van der Waals surface area contributed by atoms with Crippen LogP contribution in [0.4, 0.5) is 0 Å². The van der Waals surface area contributed by atoms with Crippen molar-refractivity contribution in [2.75, 3.05) is 6.61 Å². The molecule has 154 valence electrons. The first-order valence-electron chi connectivity index (χ1n) is 11.5. The number of allylic oxidation sites excluding steroid dienone is 1. The zero-order valence-electron chi connectivity index (χ0n) is 18.3. The lowest BCUT2D eigenvalue weighted by atomic mass is 9.35. The maximum Gasteiger partial charge on any atom is 0.334 e. The van der Waals surface area contributed by atoms with Crippen molar-refractivity contribution < 1.29 is 14.3 Å². The van der Waals surface area contributed by atoms with Crippen LogP contribution in [0.3, 0.4) is 0 Å². The van der Waals surface area contributed by atoms with Crippen molar-refractivity contribution in [1.82, 2.24) is 0 Å². The highest BCUT2D eigenvalue weighted by Gasteiger charge is 2.69. The second kappa shape index (κ2) is 5.52. The van der Waals surface area contributed by atoms with Crippen LogP contribution in [0.1, 0.15) is 79.6 Å². The van der Waals surface area contributed by atoms with Gasteiger partial charge in [0.15, 0.2) is 0 Å². The Morgan fingerprint density at radius 2 is 1.64 bits per heavy atom. The zero-order valence-corrected chi connectivity index (χ0v) is 18.3. The summed E-state index contributed by atoms with van der Waals surface area (Å²) in [5, 5.41) is 0. The molecule has 1 heterocycles. The van der Waals surface area contributed by atoms with Crippen LogP contribution in [0.2, 0.25) is 0 Å². The van der Waals surface area contributed by atoms with Gasteiger partial charge in [0.25, 0.3) is 0 Å². The molecule has 0 amide bonds. The second-order valence-electron chi connectivity index (χ2n) is 12.0. The Bertz CT molecular complexity index is 779. The predicted molar refractivity (Wildman–Crippen MR) is 108 cm³/mol. The van der Waals surface area contributed by atoms with E-state index in [0.29, 0.717) is 36.1 Å².